The molecule has 0 aromatic heterocycles. The molecule has 0 heterocycles. The number of amides is 1. The van der Waals surface area contributed by atoms with Gasteiger partial charge in [0, 0.05) is 25.7 Å². The molecule has 2 rings (SSSR count). The van der Waals surface area contributed by atoms with E-state index in [1.54, 1.807) is 19.2 Å². The lowest BCUT2D eigenvalue weighted by atomic mass is 10.2. The number of aromatic hydroxyl groups is 1. The number of aliphatic imine (C=N–C) groups is 1. The minimum atomic E-state index is -0.198. The highest BCUT2D eigenvalue weighted by atomic mass is 127. The van der Waals surface area contributed by atoms with Crippen LogP contribution in [0.5, 0.6) is 17.2 Å². The number of phenolic OH excluding ortho intramolecular Hbond substituents is 1. The summed E-state index contributed by atoms with van der Waals surface area (Å²) in [6.07, 6.45) is 0. The van der Waals surface area contributed by atoms with Crippen molar-refractivity contribution >= 4 is 35.8 Å². The summed E-state index contributed by atoms with van der Waals surface area (Å²) in [6, 6.07) is 13.6. The predicted octanol–water partition coefficient (Wildman–Crippen LogP) is 2.72. The smallest absolute Gasteiger partial charge is 0.251 e. The number of likely N-dealkylation sites (N-methyl/N-ethyl adjacent to an activating group) is 1. The Balaban J connectivity index is 0.00000480. The Hall–Kier alpha value is -2.69. The lowest BCUT2D eigenvalue weighted by molar-refractivity contribution is 0.0955. The summed E-state index contributed by atoms with van der Waals surface area (Å²) in [6.45, 7) is 4.75. The molecule has 0 spiro atoms. The number of halogens is 1. The topological polar surface area (TPSA) is 95.4 Å². The van der Waals surface area contributed by atoms with Crippen molar-refractivity contribution < 1.29 is 19.4 Å². The summed E-state index contributed by atoms with van der Waals surface area (Å²) in [5.74, 6) is 2.25. The Labute approximate surface area is 200 Å². The molecule has 170 valence electrons. The van der Waals surface area contributed by atoms with Crippen LogP contribution in [0.2, 0.25) is 0 Å². The highest BCUT2D eigenvalue weighted by molar-refractivity contribution is 14.0. The Morgan fingerprint density at radius 1 is 1.06 bits per heavy atom. The molecule has 0 radical (unpaired) electrons. The monoisotopic (exact) mass is 542 g/mol. The van der Waals surface area contributed by atoms with Gasteiger partial charge in [-0.2, -0.15) is 0 Å². The van der Waals surface area contributed by atoms with Gasteiger partial charge in [-0.3, -0.25) is 9.79 Å². The maximum Gasteiger partial charge on any atom is 0.251 e. The molecule has 2 aromatic carbocycles. The fourth-order valence-corrected chi connectivity index (χ4v) is 2.59. The lowest BCUT2D eigenvalue weighted by Crippen LogP contribution is -2.41. The average Bonchev–Trinajstić information content (AvgIpc) is 2.76. The van der Waals surface area contributed by atoms with Crippen molar-refractivity contribution in [1.29, 1.82) is 0 Å². The van der Waals surface area contributed by atoms with E-state index in [0.29, 0.717) is 31.8 Å². The average molecular weight is 542 g/mol. The van der Waals surface area contributed by atoms with E-state index < -0.39 is 0 Å². The summed E-state index contributed by atoms with van der Waals surface area (Å²) in [5, 5.41) is 15.3. The minimum absolute atomic E-state index is 0. The van der Waals surface area contributed by atoms with E-state index in [0.717, 1.165) is 24.0 Å². The Morgan fingerprint density at radius 2 is 1.71 bits per heavy atom. The van der Waals surface area contributed by atoms with Gasteiger partial charge >= 0.3 is 0 Å². The molecule has 0 saturated carbocycles. The molecule has 0 saturated heterocycles. The van der Waals surface area contributed by atoms with Crippen molar-refractivity contribution in [2.24, 2.45) is 4.99 Å². The van der Waals surface area contributed by atoms with Gasteiger partial charge in [-0.15, -0.1) is 24.0 Å². The van der Waals surface area contributed by atoms with Crippen molar-refractivity contribution in [2.45, 2.75) is 6.92 Å². The summed E-state index contributed by atoms with van der Waals surface area (Å²) in [4.78, 5) is 18.6. The maximum atomic E-state index is 12.1. The van der Waals surface area contributed by atoms with Crippen LogP contribution in [-0.2, 0) is 0 Å². The van der Waals surface area contributed by atoms with Gasteiger partial charge in [0.2, 0.25) is 0 Å². The number of carbonyl (C=O) groups is 1. The Bertz CT molecular complexity index is 813. The van der Waals surface area contributed by atoms with Gasteiger partial charge in [0.15, 0.2) is 5.96 Å². The molecule has 0 atom stereocenters. The van der Waals surface area contributed by atoms with E-state index in [9.17, 15) is 9.90 Å². The molecule has 0 fully saturated rings. The fourth-order valence-electron chi connectivity index (χ4n) is 2.59. The van der Waals surface area contributed by atoms with E-state index in [2.05, 4.69) is 15.6 Å². The Morgan fingerprint density at radius 3 is 2.32 bits per heavy atom. The van der Waals surface area contributed by atoms with Crippen LogP contribution in [0.15, 0.2) is 53.5 Å². The number of hydrogen-bond acceptors (Lipinski definition) is 5. The molecule has 2 aromatic rings. The van der Waals surface area contributed by atoms with E-state index in [-0.39, 0.29) is 35.6 Å². The van der Waals surface area contributed by atoms with Crippen molar-refractivity contribution in [3.05, 3.63) is 54.1 Å². The maximum absolute atomic E-state index is 12.1. The van der Waals surface area contributed by atoms with Crippen LogP contribution in [0.3, 0.4) is 0 Å². The summed E-state index contributed by atoms with van der Waals surface area (Å²) in [5.41, 5.74) is 0.497. The lowest BCUT2D eigenvalue weighted by Gasteiger charge is -2.22. The minimum Gasteiger partial charge on any atom is -0.508 e. The molecule has 0 aliphatic rings. The third-order valence-corrected chi connectivity index (χ3v) is 4.24. The van der Waals surface area contributed by atoms with E-state index in [1.807, 2.05) is 43.1 Å². The standard InChI is InChI=1S/C22H30N4O4.HI/c1-4-23-22(25-14-13-24-21(28)17-5-7-18(27)8-6-17)26(2)15-16-30-20-11-9-19(29-3)10-12-20;/h5-12,27H,4,13-16H2,1-3H3,(H,23,25)(H,24,28);1H. The number of nitrogens with zero attached hydrogens (tertiary/aromatic N) is 2. The molecule has 31 heavy (non-hydrogen) atoms. The highest BCUT2D eigenvalue weighted by Gasteiger charge is 2.07. The number of nitrogens with one attached hydrogen (secondary N) is 2. The first-order chi connectivity index (χ1) is 14.5. The summed E-state index contributed by atoms with van der Waals surface area (Å²) >= 11 is 0. The SMILES string of the molecule is CCNC(=NCCNC(=O)c1ccc(O)cc1)N(C)CCOc1ccc(OC)cc1.I. The summed E-state index contributed by atoms with van der Waals surface area (Å²) in [7, 11) is 3.57. The molecule has 8 nitrogen and oxygen atoms in total. The summed E-state index contributed by atoms with van der Waals surface area (Å²) < 4.78 is 10.9. The highest BCUT2D eigenvalue weighted by Crippen LogP contribution is 2.16. The first-order valence-corrected chi connectivity index (χ1v) is 9.87. The molecule has 0 aliphatic carbocycles. The van der Waals surface area contributed by atoms with Crippen molar-refractivity contribution in [3.63, 3.8) is 0 Å². The second-order valence-corrected chi connectivity index (χ2v) is 6.48. The molecular weight excluding hydrogens is 511 g/mol. The number of phenols is 1. The molecule has 0 unspecified atom stereocenters. The van der Waals surface area contributed by atoms with Gasteiger partial charge in [0.05, 0.1) is 20.2 Å². The van der Waals surface area contributed by atoms with Crippen LogP contribution in [-0.4, -0.2) is 68.8 Å². The molecule has 0 aliphatic heterocycles. The molecule has 0 bridgehead atoms. The van der Waals surface area contributed by atoms with Gasteiger partial charge in [-0.1, -0.05) is 0 Å². The second kappa shape index (κ2) is 14.3. The van der Waals surface area contributed by atoms with Crippen molar-refractivity contribution in [2.75, 3.05) is 46.9 Å². The van der Waals surface area contributed by atoms with Crippen molar-refractivity contribution in [3.8, 4) is 17.2 Å². The predicted molar refractivity (Wildman–Crippen MR) is 133 cm³/mol. The quantitative estimate of drug-likeness (QED) is 0.185. The molecule has 1 amide bonds. The van der Waals surface area contributed by atoms with Gasteiger partial charge in [0.1, 0.15) is 23.9 Å². The zero-order valence-electron chi connectivity index (χ0n) is 18.1. The zero-order valence-corrected chi connectivity index (χ0v) is 20.5. The third kappa shape index (κ3) is 9.33. The fraction of sp³-hybridized carbons (Fsp3) is 0.364. The van der Waals surface area contributed by atoms with Crippen LogP contribution >= 0.6 is 24.0 Å². The van der Waals surface area contributed by atoms with Crippen LogP contribution in [0, 0.1) is 0 Å². The van der Waals surface area contributed by atoms with E-state index in [1.165, 1.54) is 12.1 Å². The third-order valence-electron chi connectivity index (χ3n) is 4.24. The van der Waals surface area contributed by atoms with Crippen LogP contribution < -0.4 is 20.1 Å². The Kier molecular flexibility index (Phi) is 12.2. The van der Waals surface area contributed by atoms with Crippen LogP contribution in [0.4, 0.5) is 0 Å². The number of guanidine groups is 1. The van der Waals surface area contributed by atoms with Crippen LogP contribution in [0.25, 0.3) is 0 Å². The molecule has 9 heteroatoms. The van der Waals surface area contributed by atoms with E-state index in [4.69, 9.17) is 9.47 Å². The number of ether oxygens (including phenoxy) is 2. The van der Waals surface area contributed by atoms with E-state index >= 15 is 0 Å². The van der Waals surface area contributed by atoms with Gasteiger partial charge in [0.25, 0.3) is 5.91 Å². The van der Waals surface area contributed by atoms with Crippen LogP contribution in [0.1, 0.15) is 17.3 Å². The first kappa shape index (κ1) is 26.3. The van der Waals surface area contributed by atoms with Gasteiger partial charge in [-0.25, -0.2) is 0 Å². The molecule has 3 N–H and O–H groups in total. The largest absolute Gasteiger partial charge is 0.508 e. The van der Waals surface area contributed by atoms with Gasteiger partial charge < -0.3 is 30.1 Å². The zero-order chi connectivity index (χ0) is 21.8. The number of rotatable bonds is 10. The number of carbonyl (C=O) groups excluding carboxylic acids is 1. The molecular formula is C22H31IN4O4. The van der Waals surface area contributed by atoms with Gasteiger partial charge in [-0.05, 0) is 55.5 Å². The second-order valence-electron chi connectivity index (χ2n) is 6.48. The van der Waals surface area contributed by atoms with Crippen molar-refractivity contribution in [1.82, 2.24) is 15.5 Å². The number of hydrogen-bond donors (Lipinski definition) is 3. The number of benzene rings is 2. The number of methoxy groups -OCH3 is 1. The first-order valence-electron chi connectivity index (χ1n) is 9.87. The normalized spacial score (nSPS) is 10.6.